The molecule has 0 bridgehead atoms. The van der Waals surface area contributed by atoms with Crippen molar-refractivity contribution >= 4 is 23.1 Å². The Hall–Kier alpha value is -2.74. The number of nitrogens with zero attached hydrogens (tertiary/aromatic N) is 2. The maximum Gasteiger partial charge on any atom is 0.251 e. The van der Waals surface area contributed by atoms with E-state index >= 15 is 0 Å². The highest BCUT2D eigenvalue weighted by Crippen LogP contribution is 2.39. The molecule has 7 nitrogen and oxygen atoms in total. The molecule has 0 aromatic heterocycles. The van der Waals surface area contributed by atoms with E-state index in [1.165, 1.54) is 0 Å². The lowest BCUT2D eigenvalue weighted by molar-refractivity contribution is 0.0863. The van der Waals surface area contributed by atoms with Gasteiger partial charge in [0.1, 0.15) is 0 Å². The summed E-state index contributed by atoms with van der Waals surface area (Å²) in [6.07, 6.45) is 3.60. The van der Waals surface area contributed by atoms with Gasteiger partial charge in [-0.1, -0.05) is 19.9 Å². The zero-order valence-electron chi connectivity index (χ0n) is 21.7. The lowest BCUT2D eigenvalue weighted by Gasteiger charge is -2.29. The van der Waals surface area contributed by atoms with Crippen LogP contribution in [0, 0.1) is 12.3 Å². The molecule has 4 rings (SSSR count). The summed E-state index contributed by atoms with van der Waals surface area (Å²) in [5, 5.41) is 21.8. The largest absolute Gasteiger partial charge is 0.395 e. The van der Waals surface area contributed by atoms with E-state index in [0.717, 1.165) is 53.9 Å². The van der Waals surface area contributed by atoms with Crippen LogP contribution in [0.5, 0.6) is 0 Å². The molecule has 36 heavy (non-hydrogen) atoms. The number of rotatable bonds is 12. The number of hydrogen-bond donors (Lipinski definition) is 3. The van der Waals surface area contributed by atoms with Crippen molar-refractivity contribution in [3.8, 4) is 0 Å². The highest BCUT2D eigenvalue weighted by molar-refractivity contribution is 6.05. The molecule has 0 radical (unpaired) electrons. The number of aliphatic hydroxyl groups is 2. The van der Waals surface area contributed by atoms with Crippen LogP contribution in [-0.2, 0) is 6.42 Å². The molecule has 2 aromatic rings. The maximum atomic E-state index is 12.8. The number of aliphatic hydroxyl groups excluding tert-OH is 2. The van der Waals surface area contributed by atoms with Gasteiger partial charge in [-0.3, -0.25) is 14.5 Å². The van der Waals surface area contributed by atoms with E-state index in [1.807, 2.05) is 44.2 Å². The van der Waals surface area contributed by atoms with Crippen molar-refractivity contribution in [3.63, 3.8) is 0 Å². The third-order valence-corrected chi connectivity index (χ3v) is 7.26. The number of carbonyl (C=O) groups is 2. The lowest BCUT2D eigenvalue weighted by Crippen LogP contribution is -2.33. The predicted octanol–water partition coefficient (Wildman–Crippen LogP) is 3.47. The smallest absolute Gasteiger partial charge is 0.251 e. The molecule has 2 aliphatic carbocycles. The van der Waals surface area contributed by atoms with Gasteiger partial charge in [0.05, 0.1) is 13.2 Å². The number of amides is 1. The van der Waals surface area contributed by atoms with Crippen molar-refractivity contribution in [2.45, 2.75) is 52.5 Å². The Morgan fingerprint density at radius 2 is 1.75 bits per heavy atom. The summed E-state index contributed by atoms with van der Waals surface area (Å²) >= 11 is 0. The zero-order valence-corrected chi connectivity index (χ0v) is 21.7. The third kappa shape index (κ3) is 5.97. The van der Waals surface area contributed by atoms with E-state index in [4.69, 9.17) is 0 Å². The molecule has 2 aliphatic rings. The summed E-state index contributed by atoms with van der Waals surface area (Å²) in [7, 11) is 0. The van der Waals surface area contributed by atoms with Gasteiger partial charge in [0.25, 0.3) is 5.91 Å². The number of nitrogens with one attached hydrogen (secondary N) is 1. The molecule has 1 amide bonds. The van der Waals surface area contributed by atoms with E-state index in [-0.39, 0.29) is 24.9 Å². The average Bonchev–Trinajstić information content (AvgIpc) is 3.62. The van der Waals surface area contributed by atoms with Crippen molar-refractivity contribution < 1.29 is 19.8 Å². The molecule has 0 spiro atoms. The van der Waals surface area contributed by atoms with Gasteiger partial charge in [0.15, 0.2) is 5.78 Å². The molecule has 0 atom stereocenters. The summed E-state index contributed by atoms with van der Waals surface area (Å²) in [5.74, 6) is 0.145. The van der Waals surface area contributed by atoms with Gasteiger partial charge in [0.2, 0.25) is 0 Å². The molecule has 0 aliphatic heterocycles. The highest BCUT2D eigenvalue weighted by Gasteiger charge is 2.37. The SMILES string of the molecule is Cc1ccc(C(=O)NC2CC2)cc1N(CCCN(CCO)CCO)c1ccc2c(c1)CC(C)(C)C2=O. The first kappa shape index (κ1) is 26.3. The van der Waals surface area contributed by atoms with Gasteiger partial charge in [-0.2, -0.15) is 0 Å². The monoisotopic (exact) mass is 493 g/mol. The molecule has 0 unspecified atom stereocenters. The van der Waals surface area contributed by atoms with E-state index in [9.17, 15) is 19.8 Å². The topological polar surface area (TPSA) is 93.1 Å². The number of aryl methyl sites for hydroxylation is 1. The fraction of sp³-hybridized carbons (Fsp3) is 0.517. The van der Waals surface area contributed by atoms with Crippen molar-refractivity contribution in [1.82, 2.24) is 10.2 Å². The Morgan fingerprint density at radius 1 is 1.03 bits per heavy atom. The zero-order chi connectivity index (χ0) is 25.9. The fourth-order valence-electron chi connectivity index (χ4n) is 5.03. The average molecular weight is 494 g/mol. The molecule has 0 heterocycles. The van der Waals surface area contributed by atoms with E-state index in [2.05, 4.69) is 28.1 Å². The van der Waals surface area contributed by atoms with Crippen molar-refractivity contribution in [1.29, 1.82) is 0 Å². The summed E-state index contributed by atoms with van der Waals surface area (Å²) in [5.41, 5.74) is 5.16. The van der Waals surface area contributed by atoms with Crippen LogP contribution in [0.2, 0.25) is 0 Å². The summed E-state index contributed by atoms with van der Waals surface area (Å²) < 4.78 is 0. The van der Waals surface area contributed by atoms with Crippen LogP contribution in [0.25, 0.3) is 0 Å². The first-order chi connectivity index (χ1) is 17.2. The molecule has 7 heteroatoms. The summed E-state index contributed by atoms with van der Waals surface area (Å²) in [6, 6.07) is 12.2. The number of carbonyl (C=O) groups excluding carboxylic acids is 2. The van der Waals surface area contributed by atoms with Crippen LogP contribution in [0.15, 0.2) is 36.4 Å². The quantitative estimate of drug-likeness (QED) is 0.419. The first-order valence-corrected chi connectivity index (χ1v) is 13.0. The standard InChI is InChI=1S/C29H39N3O4/c1-20-5-6-21(28(36)30-23-7-8-23)18-26(20)32(12-4-11-31(13-15-33)14-16-34)24-9-10-25-22(17-24)19-29(2,3)27(25)35/h5-6,9-10,17-18,23,33-34H,4,7-8,11-16,19H2,1-3H3,(H,30,36). The predicted molar refractivity (Wildman–Crippen MR) is 142 cm³/mol. The second-order valence-electron chi connectivity index (χ2n) is 10.8. The van der Waals surface area contributed by atoms with Gasteiger partial charge in [-0.15, -0.1) is 0 Å². The van der Waals surface area contributed by atoms with Gasteiger partial charge in [-0.25, -0.2) is 0 Å². The van der Waals surface area contributed by atoms with Gasteiger partial charge in [0, 0.05) is 60.1 Å². The van der Waals surface area contributed by atoms with E-state index in [1.54, 1.807) is 0 Å². The van der Waals surface area contributed by atoms with Crippen molar-refractivity contribution in [3.05, 3.63) is 58.7 Å². The first-order valence-electron chi connectivity index (χ1n) is 13.0. The number of fused-ring (bicyclic) bond motifs is 1. The van der Waals surface area contributed by atoms with Crippen LogP contribution in [0.4, 0.5) is 11.4 Å². The number of ketones is 1. The Kier molecular flexibility index (Phi) is 8.13. The van der Waals surface area contributed by atoms with Crippen LogP contribution < -0.4 is 10.2 Å². The molecule has 2 aromatic carbocycles. The minimum absolute atomic E-state index is 0.0444. The molecule has 1 fully saturated rings. The molecular formula is C29H39N3O4. The van der Waals surface area contributed by atoms with E-state index in [0.29, 0.717) is 37.7 Å². The number of Topliss-reactive ketones (excluding diaryl/α,β-unsaturated/α-hetero) is 1. The van der Waals surface area contributed by atoms with Crippen LogP contribution in [0.1, 0.15) is 65.0 Å². The second kappa shape index (κ2) is 11.1. The Balaban J connectivity index is 1.64. The Morgan fingerprint density at radius 3 is 2.42 bits per heavy atom. The Bertz CT molecular complexity index is 1100. The molecule has 194 valence electrons. The maximum absolute atomic E-state index is 12.8. The van der Waals surface area contributed by atoms with Gasteiger partial charge in [-0.05, 0) is 74.1 Å². The summed E-state index contributed by atoms with van der Waals surface area (Å²) in [6.45, 7) is 8.61. The number of anilines is 2. The van der Waals surface area contributed by atoms with Crippen LogP contribution >= 0.6 is 0 Å². The number of benzene rings is 2. The number of hydrogen-bond acceptors (Lipinski definition) is 6. The molecule has 1 saturated carbocycles. The van der Waals surface area contributed by atoms with Crippen LogP contribution in [-0.4, -0.2) is 72.2 Å². The fourth-order valence-corrected chi connectivity index (χ4v) is 5.03. The Labute approximate surface area is 214 Å². The van der Waals surface area contributed by atoms with Gasteiger partial charge < -0.3 is 20.4 Å². The minimum Gasteiger partial charge on any atom is -0.395 e. The highest BCUT2D eigenvalue weighted by atomic mass is 16.3. The van der Waals surface area contributed by atoms with Crippen LogP contribution in [0.3, 0.4) is 0 Å². The summed E-state index contributed by atoms with van der Waals surface area (Å²) in [4.78, 5) is 29.9. The van der Waals surface area contributed by atoms with Crippen molar-refractivity contribution in [2.75, 3.05) is 44.3 Å². The van der Waals surface area contributed by atoms with Crippen molar-refractivity contribution in [2.24, 2.45) is 5.41 Å². The normalized spacial score (nSPS) is 16.3. The lowest BCUT2D eigenvalue weighted by atomic mass is 9.89. The molecule has 3 N–H and O–H groups in total. The molecular weight excluding hydrogens is 454 g/mol. The minimum atomic E-state index is -0.391. The second-order valence-corrected chi connectivity index (χ2v) is 10.8. The van der Waals surface area contributed by atoms with E-state index < -0.39 is 5.41 Å². The van der Waals surface area contributed by atoms with Gasteiger partial charge >= 0.3 is 0 Å². The molecule has 0 saturated heterocycles. The third-order valence-electron chi connectivity index (χ3n) is 7.26.